The second-order valence-electron chi connectivity index (χ2n) is 9.59. The fraction of sp³-hybridized carbons (Fsp3) is 0.538. The first-order valence-electron chi connectivity index (χ1n) is 12.3. The number of aliphatic carboxylic acids is 1. The molecule has 12 heteroatoms. The van der Waals surface area contributed by atoms with Gasteiger partial charge in [0.05, 0.1) is 22.8 Å². The van der Waals surface area contributed by atoms with Gasteiger partial charge in [-0.1, -0.05) is 12.1 Å². The van der Waals surface area contributed by atoms with Crippen molar-refractivity contribution in [1.29, 1.82) is 0 Å². The smallest absolute Gasteiger partial charge is 0.475 e. The third-order valence-corrected chi connectivity index (χ3v) is 8.71. The lowest BCUT2D eigenvalue weighted by Crippen LogP contribution is -2.49. The molecule has 8 nitrogen and oxygen atoms in total. The fourth-order valence-corrected chi connectivity index (χ4v) is 6.60. The summed E-state index contributed by atoms with van der Waals surface area (Å²) in [6.45, 7) is 6.80. The van der Waals surface area contributed by atoms with E-state index in [0.29, 0.717) is 37.1 Å². The molecular weight excluding hydrogens is 525 g/mol. The minimum absolute atomic E-state index is 0.219. The average Bonchev–Trinajstić information content (AvgIpc) is 3.23. The number of rotatable bonds is 7. The third kappa shape index (κ3) is 7.75. The molecule has 1 aromatic heterocycles. The summed E-state index contributed by atoms with van der Waals surface area (Å²) >= 11 is 0. The number of halogens is 3. The van der Waals surface area contributed by atoms with E-state index in [0.717, 1.165) is 49.1 Å². The Morgan fingerprint density at radius 3 is 2.37 bits per heavy atom. The number of hydrogen-bond acceptors (Lipinski definition) is 6. The van der Waals surface area contributed by atoms with Gasteiger partial charge in [-0.3, -0.25) is 4.98 Å². The molecule has 0 amide bonds. The van der Waals surface area contributed by atoms with Crippen molar-refractivity contribution in [2.45, 2.75) is 62.8 Å². The lowest BCUT2D eigenvalue weighted by atomic mass is 9.78. The van der Waals surface area contributed by atoms with Gasteiger partial charge in [0, 0.05) is 32.5 Å². The van der Waals surface area contributed by atoms with E-state index < -0.39 is 22.2 Å². The summed E-state index contributed by atoms with van der Waals surface area (Å²) in [6, 6.07) is 11.4. The number of pyridine rings is 1. The highest BCUT2D eigenvalue weighted by atomic mass is 32.2. The maximum Gasteiger partial charge on any atom is 0.490 e. The summed E-state index contributed by atoms with van der Waals surface area (Å²) in [5.41, 5.74) is 2.65. The van der Waals surface area contributed by atoms with Crippen molar-refractivity contribution in [2.24, 2.45) is 5.92 Å². The van der Waals surface area contributed by atoms with Crippen LogP contribution in [-0.2, 0) is 30.9 Å². The van der Waals surface area contributed by atoms with Gasteiger partial charge < -0.3 is 14.6 Å². The van der Waals surface area contributed by atoms with Crippen LogP contribution >= 0.6 is 0 Å². The van der Waals surface area contributed by atoms with Gasteiger partial charge in [0.25, 0.3) is 0 Å². The molecule has 2 saturated heterocycles. The number of aryl methyl sites for hydroxylation is 2. The largest absolute Gasteiger partial charge is 0.490 e. The van der Waals surface area contributed by atoms with Crippen molar-refractivity contribution < 1.29 is 41.0 Å². The van der Waals surface area contributed by atoms with Gasteiger partial charge >= 0.3 is 12.1 Å². The zero-order valence-electron chi connectivity index (χ0n) is 21.4. The Labute approximate surface area is 220 Å². The van der Waals surface area contributed by atoms with Crippen LogP contribution in [0.4, 0.5) is 13.2 Å². The standard InChI is InChI=1S/C24H32N2O4S.C2HF3O2/c1-19-15-20(2)17-23(16-19)31(27,28)26-11-8-24(9-12-26)21(7-14-30-24)6-13-29-18-22-5-3-4-10-25-22;3-2(4,5)1(6)7/h3-5,10,15-17,21H,6-9,11-14,18H2,1-2H3;(H,6,7). The van der Waals surface area contributed by atoms with Crippen molar-refractivity contribution in [1.82, 2.24) is 9.29 Å². The Hall–Kier alpha value is -2.54. The van der Waals surface area contributed by atoms with E-state index in [1.165, 1.54) is 0 Å². The molecule has 0 bridgehead atoms. The maximum absolute atomic E-state index is 13.2. The van der Waals surface area contributed by atoms with Crippen LogP contribution in [0.25, 0.3) is 0 Å². The van der Waals surface area contributed by atoms with E-state index in [1.54, 1.807) is 22.6 Å². The number of carboxylic acids is 1. The molecular formula is C26H33F3N2O6S. The van der Waals surface area contributed by atoms with Crippen LogP contribution in [0.1, 0.15) is 42.5 Å². The molecule has 1 atom stereocenters. The molecule has 210 valence electrons. The molecule has 1 aromatic carbocycles. The Balaban J connectivity index is 0.000000505. The number of alkyl halides is 3. The first kappa shape index (κ1) is 30.0. The van der Waals surface area contributed by atoms with E-state index in [2.05, 4.69) is 4.98 Å². The van der Waals surface area contributed by atoms with Crippen LogP contribution in [0.15, 0.2) is 47.5 Å². The van der Waals surface area contributed by atoms with Crippen LogP contribution < -0.4 is 0 Å². The predicted molar refractivity (Wildman–Crippen MR) is 133 cm³/mol. The van der Waals surface area contributed by atoms with Crippen molar-refractivity contribution >= 4 is 16.0 Å². The van der Waals surface area contributed by atoms with Gasteiger partial charge in [0.15, 0.2) is 0 Å². The predicted octanol–water partition coefficient (Wildman–Crippen LogP) is 4.50. The van der Waals surface area contributed by atoms with Gasteiger partial charge in [-0.15, -0.1) is 0 Å². The highest BCUT2D eigenvalue weighted by molar-refractivity contribution is 7.89. The SMILES string of the molecule is Cc1cc(C)cc(S(=O)(=O)N2CCC3(CC2)OCCC3CCOCc2ccccn2)c1.O=C(O)C(F)(F)F. The molecule has 4 rings (SSSR count). The number of ether oxygens (including phenoxy) is 2. The summed E-state index contributed by atoms with van der Waals surface area (Å²) in [6.07, 6.45) is 0.107. The van der Waals surface area contributed by atoms with E-state index in [-0.39, 0.29) is 5.60 Å². The summed E-state index contributed by atoms with van der Waals surface area (Å²) < 4.78 is 71.8. The lowest BCUT2D eigenvalue weighted by molar-refractivity contribution is -0.192. The molecule has 1 N–H and O–H groups in total. The van der Waals surface area contributed by atoms with E-state index >= 15 is 0 Å². The summed E-state index contributed by atoms with van der Waals surface area (Å²) in [7, 11) is -3.48. The Bertz CT molecular complexity index is 1160. The number of sulfonamides is 1. The molecule has 2 aliphatic rings. The topological polar surface area (TPSA) is 106 Å². The Morgan fingerprint density at radius 1 is 1.18 bits per heavy atom. The Morgan fingerprint density at radius 2 is 1.82 bits per heavy atom. The summed E-state index contributed by atoms with van der Waals surface area (Å²) in [5, 5.41) is 7.12. The molecule has 1 spiro atoms. The monoisotopic (exact) mass is 558 g/mol. The second kappa shape index (κ2) is 12.5. The van der Waals surface area contributed by atoms with Crippen LogP contribution in [0.5, 0.6) is 0 Å². The molecule has 2 fully saturated rings. The van der Waals surface area contributed by atoms with Crippen LogP contribution in [0.3, 0.4) is 0 Å². The molecule has 2 aromatic rings. The lowest BCUT2D eigenvalue weighted by Gasteiger charge is -2.41. The molecule has 0 saturated carbocycles. The fourth-order valence-electron chi connectivity index (χ4n) is 4.97. The number of carbonyl (C=O) groups is 1. The van der Waals surface area contributed by atoms with Gasteiger partial charge in [-0.2, -0.15) is 17.5 Å². The van der Waals surface area contributed by atoms with E-state index in [1.807, 2.05) is 38.1 Å². The number of aromatic nitrogens is 1. The number of nitrogens with zero attached hydrogens (tertiary/aromatic N) is 2. The first-order chi connectivity index (χ1) is 17.8. The third-order valence-electron chi connectivity index (χ3n) is 6.83. The number of benzene rings is 1. The van der Waals surface area contributed by atoms with Gasteiger partial charge in [0.1, 0.15) is 0 Å². The highest BCUT2D eigenvalue weighted by Gasteiger charge is 2.47. The van der Waals surface area contributed by atoms with E-state index in [4.69, 9.17) is 19.4 Å². The molecule has 2 aliphatic heterocycles. The molecule has 0 aliphatic carbocycles. The van der Waals surface area contributed by atoms with Gasteiger partial charge in [-0.05, 0) is 80.8 Å². The first-order valence-corrected chi connectivity index (χ1v) is 13.8. The van der Waals surface area contributed by atoms with Crippen LogP contribution in [0.2, 0.25) is 0 Å². The van der Waals surface area contributed by atoms with Crippen molar-refractivity contribution in [3.63, 3.8) is 0 Å². The van der Waals surface area contributed by atoms with Gasteiger partial charge in [-0.25, -0.2) is 13.2 Å². The summed E-state index contributed by atoms with van der Waals surface area (Å²) in [4.78, 5) is 13.6. The molecule has 3 heterocycles. The number of hydrogen-bond donors (Lipinski definition) is 1. The van der Waals surface area contributed by atoms with E-state index in [9.17, 15) is 21.6 Å². The zero-order chi connectivity index (χ0) is 28.0. The molecule has 38 heavy (non-hydrogen) atoms. The van der Waals surface area contributed by atoms with Crippen LogP contribution in [-0.4, -0.2) is 66.9 Å². The number of piperidine rings is 1. The molecule has 0 radical (unpaired) electrons. The normalized spacial score (nSPS) is 19.7. The number of carboxylic acid groups (broad SMARTS) is 1. The second-order valence-corrected chi connectivity index (χ2v) is 11.5. The quantitative estimate of drug-likeness (QED) is 0.499. The van der Waals surface area contributed by atoms with Crippen molar-refractivity contribution in [2.75, 3.05) is 26.3 Å². The highest BCUT2D eigenvalue weighted by Crippen LogP contribution is 2.43. The molecule has 1 unspecified atom stereocenters. The zero-order valence-corrected chi connectivity index (χ0v) is 22.2. The van der Waals surface area contributed by atoms with Gasteiger partial charge in [0.2, 0.25) is 10.0 Å². The average molecular weight is 559 g/mol. The van der Waals surface area contributed by atoms with Crippen molar-refractivity contribution in [3.8, 4) is 0 Å². The minimum Gasteiger partial charge on any atom is -0.475 e. The van der Waals surface area contributed by atoms with Crippen LogP contribution in [0, 0.1) is 19.8 Å². The Kier molecular flexibility index (Phi) is 9.91. The van der Waals surface area contributed by atoms with Crippen molar-refractivity contribution in [3.05, 3.63) is 59.4 Å². The minimum atomic E-state index is -5.08. The maximum atomic E-state index is 13.2. The summed E-state index contributed by atoms with van der Waals surface area (Å²) in [5.74, 6) is -2.35.